The Morgan fingerprint density at radius 3 is 2.83 bits per heavy atom. The summed E-state index contributed by atoms with van der Waals surface area (Å²) in [6.07, 6.45) is 1.37. The third-order valence-electron chi connectivity index (χ3n) is 2.43. The second-order valence-corrected chi connectivity index (χ2v) is 4.23. The Balaban J connectivity index is 2.03. The van der Waals surface area contributed by atoms with Crippen LogP contribution in [0.4, 0.5) is 0 Å². The first-order valence-corrected chi connectivity index (χ1v) is 5.85. The Hall–Kier alpha value is -1.94. The molecule has 0 radical (unpaired) electrons. The average molecular weight is 262 g/mol. The average Bonchev–Trinajstić information content (AvgIpc) is 2.37. The van der Waals surface area contributed by atoms with Gasteiger partial charge in [0.1, 0.15) is 12.0 Å². The van der Waals surface area contributed by atoms with Crippen molar-refractivity contribution in [3.63, 3.8) is 0 Å². The second-order valence-electron chi connectivity index (χ2n) is 3.82. The SMILES string of the molecule is Cc1cc(C(=O)NCc2ccccc2Cl)ncn1. The number of rotatable bonds is 3. The van der Waals surface area contributed by atoms with Gasteiger partial charge < -0.3 is 5.32 Å². The van der Waals surface area contributed by atoms with Crippen molar-refractivity contribution in [1.82, 2.24) is 15.3 Å². The van der Waals surface area contributed by atoms with Gasteiger partial charge in [0, 0.05) is 17.3 Å². The van der Waals surface area contributed by atoms with Crippen LogP contribution in [0.5, 0.6) is 0 Å². The number of hydrogen-bond donors (Lipinski definition) is 1. The molecule has 18 heavy (non-hydrogen) atoms. The lowest BCUT2D eigenvalue weighted by Crippen LogP contribution is -2.24. The number of aryl methyl sites for hydroxylation is 1. The Labute approximate surface area is 110 Å². The number of hydrogen-bond acceptors (Lipinski definition) is 3. The fraction of sp³-hybridized carbons (Fsp3) is 0.154. The van der Waals surface area contributed by atoms with E-state index in [9.17, 15) is 4.79 Å². The van der Waals surface area contributed by atoms with E-state index in [0.717, 1.165) is 11.3 Å². The van der Waals surface area contributed by atoms with E-state index in [4.69, 9.17) is 11.6 Å². The van der Waals surface area contributed by atoms with Crippen LogP contribution in [0.15, 0.2) is 36.7 Å². The number of amides is 1. The predicted octanol–water partition coefficient (Wildman–Crippen LogP) is 2.37. The molecular formula is C13H12ClN3O. The summed E-state index contributed by atoms with van der Waals surface area (Å²) in [4.78, 5) is 19.7. The smallest absolute Gasteiger partial charge is 0.270 e. The summed E-state index contributed by atoms with van der Waals surface area (Å²) in [5.74, 6) is -0.236. The summed E-state index contributed by atoms with van der Waals surface area (Å²) in [5, 5.41) is 3.41. The zero-order valence-electron chi connectivity index (χ0n) is 9.85. The molecule has 1 aromatic heterocycles. The molecule has 1 N–H and O–H groups in total. The van der Waals surface area contributed by atoms with E-state index in [0.29, 0.717) is 17.3 Å². The van der Waals surface area contributed by atoms with Crippen molar-refractivity contribution in [2.45, 2.75) is 13.5 Å². The highest BCUT2D eigenvalue weighted by Crippen LogP contribution is 2.14. The number of carbonyl (C=O) groups excluding carboxylic acids is 1. The van der Waals surface area contributed by atoms with Crippen molar-refractivity contribution < 1.29 is 4.79 Å². The van der Waals surface area contributed by atoms with Crippen molar-refractivity contribution in [2.24, 2.45) is 0 Å². The van der Waals surface area contributed by atoms with Crippen LogP contribution < -0.4 is 5.32 Å². The van der Waals surface area contributed by atoms with Gasteiger partial charge in [-0.1, -0.05) is 29.8 Å². The quantitative estimate of drug-likeness (QED) is 0.923. The number of nitrogens with one attached hydrogen (secondary N) is 1. The summed E-state index contributed by atoms with van der Waals surface area (Å²) in [5.41, 5.74) is 1.99. The first-order chi connectivity index (χ1) is 8.66. The number of aromatic nitrogens is 2. The van der Waals surface area contributed by atoms with Crippen LogP contribution in [0.1, 0.15) is 21.7 Å². The van der Waals surface area contributed by atoms with Gasteiger partial charge >= 0.3 is 0 Å². The Morgan fingerprint density at radius 2 is 2.11 bits per heavy atom. The Bertz CT molecular complexity index is 572. The molecule has 0 bridgehead atoms. The van der Waals surface area contributed by atoms with Gasteiger partial charge in [-0.2, -0.15) is 0 Å². The lowest BCUT2D eigenvalue weighted by Gasteiger charge is -2.06. The number of nitrogens with zero attached hydrogens (tertiary/aromatic N) is 2. The summed E-state index contributed by atoms with van der Waals surface area (Å²) >= 11 is 6.00. The lowest BCUT2D eigenvalue weighted by atomic mass is 10.2. The molecule has 5 heteroatoms. The fourth-order valence-electron chi connectivity index (χ4n) is 1.49. The molecule has 0 saturated carbocycles. The van der Waals surface area contributed by atoms with E-state index in [1.807, 2.05) is 25.1 Å². The molecule has 1 amide bonds. The zero-order chi connectivity index (χ0) is 13.0. The minimum atomic E-state index is -0.236. The summed E-state index contributed by atoms with van der Waals surface area (Å²) in [7, 11) is 0. The van der Waals surface area contributed by atoms with Crippen LogP contribution in [0.25, 0.3) is 0 Å². The molecule has 0 aliphatic heterocycles. The van der Waals surface area contributed by atoms with Crippen LogP contribution in [-0.2, 0) is 6.54 Å². The first-order valence-electron chi connectivity index (χ1n) is 5.47. The first kappa shape index (κ1) is 12.5. The summed E-state index contributed by atoms with van der Waals surface area (Å²) in [6.45, 7) is 2.19. The van der Waals surface area contributed by atoms with Crippen LogP contribution in [0, 0.1) is 6.92 Å². The van der Waals surface area contributed by atoms with Crippen molar-refractivity contribution >= 4 is 17.5 Å². The van der Waals surface area contributed by atoms with Gasteiger partial charge in [0.05, 0.1) is 0 Å². The van der Waals surface area contributed by atoms with Crippen molar-refractivity contribution in [3.8, 4) is 0 Å². The molecule has 0 aliphatic rings. The summed E-state index contributed by atoms with van der Waals surface area (Å²) < 4.78 is 0. The van der Waals surface area contributed by atoms with E-state index in [1.165, 1.54) is 6.33 Å². The van der Waals surface area contributed by atoms with Crippen LogP contribution in [-0.4, -0.2) is 15.9 Å². The maximum atomic E-state index is 11.8. The van der Waals surface area contributed by atoms with Gasteiger partial charge in [0.2, 0.25) is 0 Å². The molecule has 0 atom stereocenters. The van der Waals surface area contributed by atoms with Crippen LogP contribution in [0.3, 0.4) is 0 Å². The normalized spacial score (nSPS) is 10.1. The van der Waals surface area contributed by atoms with E-state index < -0.39 is 0 Å². The van der Waals surface area contributed by atoms with Gasteiger partial charge in [0.25, 0.3) is 5.91 Å². The van der Waals surface area contributed by atoms with Gasteiger partial charge in [-0.05, 0) is 24.6 Å². The monoisotopic (exact) mass is 261 g/mol. The largest absolute Gasteiger partial charge is 0.347 e. The molecule has 0 unspecified atom stereocenters. The molecule has 0 saturated heterocycles. The highest BCUT2D eigenvalue weighted by Gasteiger charge is 2.08. The van der Waals surface area contributed by atoms with E-state index in [1.54, 1.807) is 12.1 Å². The maximum absolute atomic E-state index is 11.8. The molecule has 1 heterocycles. The fourth-order valence-corrected chi connectivity index (χ4v) is 1.69. The van der Waals surface area contributed by atoms with Crippen LogP contribution in [0.2, 0.25) is 5.02 Å². The molecule has 2 aromatic rings. The minimum absolute atomic E-state index is 0.236. The molecule has 0 fully saturated rings. The van der Waals surface area contributed by atoms with Gasteiger partial charge in [0.15, 0.2) is 0 Å². The Morgan fingerprint density at radius 1 is 1.33 bits per heavy atom. The minimum Gasteiger partial charge on any atom is -0.347 e. The van der Waals surface area contributed by atoms with Gasteiger partial charge in [-0.25, -0.2) is 9.97 Å². The van der Waals surface area contributed by atoms with Crippen LogP contribution >= 0.6 is 11.6 Å². The molecule has 0 spiro atoms. The Kier molecular flexibility index (Phi) is 3.89. The molecule has 2 rings (SSSR count). The van der Waals surface area contributed by atoms with E-state index in [-0.39, 0.29) is 5.91 Å². The predicted molar refractivity (Wildman–Crippen MR) is 69.4 cm³/mol. The topological polar surface area (TPSA) is 54.9 Å². The van der Waals surface area contributed by atoms with E-state index in [2.05, 4.69) is 15.3 Å². The van der Waals surface area contributed by atoms with Gasteiger partial charge in [-0.3, -0.25) is 4.79 Å². The highest BCUT2D eigenvalue weighted by atomic mass is 35.5. The highest BCUT2D eigenvalue weighted by molar-refractivity contribution is 6.31. The molecule has 4 nitrogen and oxygen atoms in total. The number of halogens is 1. The zero-order valence-corrected chi connectivity index (χ0v) is 10.6. The van der Waals surface area contributed by atoms with Crippen molar-refractivity contribution in [3.05, 3.63) is 58.6 Å². The lowest BCUT2D eigenvalue weighted by molar-refractivity contribution is 0.0945. The van der Waals surface area contributed by atoms with Gasteiger partial charge in [-0.15, -0.1) is 0 Å². The van der Waals surface area contributed by atoms with Crippen molar-refractivity contribution in [2.75, 3.05) is 0 Å². The summed E-state index contributed by atoms with van der Waals surface area (Å²) in [6, 6.07) is 9.03. The van der Waals surface area contributed by atoms with E-state index >= 15 is 0 Å². The molecule has 0 aliphatic carbocycles. The maximum Gasteiger partial charge on any atom is 0.270 e. The third kappa shape index (κ3) is 3.05. The second kappa shape index (κ2) is 5.60. The van der Waals surface area contributed by atoms with Crippen molar-refractivity contribution in [1.29, 1.82) is 0 Å². The standard InChI is InChI=1S/C13H12ClN3O/c1-9-6-12(17-8-16-9)13(18)15-7-10-4-2-3-5-11(10)14/h2-6,8H,7H2,1H3,(H,15,18). The molecular weight excluding hydrogens is 250 g/mol. The third-order valence-corrected chi connectivity index (χ3v) is 2.80. The molecule has 1 aromatic carbocycles. The number of benzene rings is 1. The molecule has 92 valence electrons. The number of carbonyl (C=O) groups is 1.